The SMILES string of the molecule is CC(=O)C(=O)OC(=O)CC(C)(C)C.[Zn]. The van der Waals surface area contributed by atoms with Crippen LogP contribution in [0.5, 0.6) is 0 Å². The largest absolute Gasteiger partial charge is 0.387 e. The monoisotopic (exact) mass is 250 g/mol. The second kappa shape index (κ2) is 6.02. The van der Waals surface area contributed by atoms with Gasteiger partial charge in [-0.25, -0.2) is 4.79 Å². The number of rotatable bonds is 2. The van der Waals surface area contributed by atoms with Gasteiger partial charge in [-0.15, -0.1) is 0 Å². The van der Waals surface area contributed by atoms with Gasteiger partial charge in [-0.1, -0.05) is 20.8 Å². The van der Waals surface area contributed by atoms with Gasteiger partial charge in [-0.05, 0) is 5.41 Å². The standard InChI is InChI=1S/C9H14O4.Zn/c1-6(10)8(12)13-7(11)5-9(2,3)4;/h5H2,1-4H3;. The van der Waals surface area contributed by atoms with Gasteiger partial charge in [0.15, 0.2) is 0 Å². The van der Waals surface area contributed by atoms with Gasteiger partial charge in [-0.2, -0.15) is 0 Å². The van der Waals surface area contributed by atoms with E-state index in [0.29, 0.717) is 0 Å². The molecule has 0 saturated carbocycles. The van der Waals surface area contributed by atoms with E-state index in [1.165, 1.54) is 0 Å². The predicted octanol–water partition coefficient (Wildman–Crippen LogP) is 1.08. The maximum Gasteiger partial charge on any atom is 0.381 e. The van der Waals surface area contributed by atoms with Gasteiger partial charge < -0.3 is 4.74 Å². The smallest absolute Gasteiger partial charge is 0.381 e. The van der Waals surface area contributed by atoms with Crippen LogP contribution in [0, 0.1) is 5.41 Å². The second-order valence-corrected chi connectivity index (χ2v) is 4.06. The van der Waals surface area contributed by atoms with Crippen LogP contribution in [0.25, 0.3) is 0 Å². The van der Waals surface area contributed by atoms with Gasteiger partial charge in [0.25, 0.3) is 0 Å². The Balaban J connectivity index is 0. The summed E-state index contributed by atoms with van der Waals surface area (Å²) in [6.07, 6.45) is 0.117. The van der Waals surface area contributed by atoms with Gasteiger partial charge in [0.2, 0.25) is 5.78 Å². The van der Waals surface area contributed by atoms with E-state index in [1.807, 2.05) is 20.8 Å². The molecule has 0 atom stereocenters. The van der Waals surface area contributed by atoms with Crippen LogP contribution >= 0.6 is 0 Å². The summed E-state index contributed by atoms with van der Waals surface area (Å²) in [5.74, 6) is -2.51. The number of esters is 2. The first-order valence-electron chi connectivity index (χ1n) is 3.98. The number of ketones is 1. The Kier molecular flexibility index (Phi) is 6.83. The molecule has 0 N–H and O–H groups in total. The van der Waals surface area contributed by atoms with Crippen molar-refractivity contribution in [1.82, 2.24) is 0 Å². The molecule has 0 aromatic heterocycles. The average molecular weight is 252 g/mol. The van der Waals surface area contributed by atoms with E-state index in [9.17, 15) is 14.4 Å². The van der Waals surface area contributed by atoms with Crippen LogP contribution in [0.4, 0.5) is 0 Å². The average Bonchev–Trinajstić information content (AvgIpc) is 1.81. The molecule has 0 aliphatic rings. The second-order valence-electron chi connectivity index (χ2n) is 4.06. The summed E-state index contributed by atoms with van der Waals surface area (Å²) in [6.45, 7) is 6.58. The van der Waals surface area contributed by atoms with Crippen molar-refractivity contribution in [2.75, 3.05) is 0 Å². The fraction of sp³-hybridized carbons (Fsp3) is 0.667. The van der Waals surface area contributed by atoms with Gasteiger partial charge >= 0.3 is 11.9 Å². The zero-order chi connectivity index (χ0) is 10.6. The Morgan fingerprint density at radius 1 is 1.14 bits per heavy atom. The number of carbonyl (C=O) groups excluding carboxylic acids is 3. The fourth-order valence-electron chi connectivity index (χ4n) is 0.644. The zero-order valence-corrected chi connectivity index (χ0v) is 12.0. The number of Topliss-reactive ketones (excluding diaryl/α,β-unsaturated/α-hetero) is 1. The number of carbonyl (C=O) groups is 3. The van der Waals surface area contributed by atoms with Crippen molar-refractivity contribution in [3.8, 4) is 0 Å². The molecule has 0 saturated heterocycles. The summed E-state index contributed by atoms with van der Waals surface area (Å²) >= 11 is 0. The summed E-state index contributed by atoms with van der Waals surface area (Å²) in [7, 11) is 0. The summed E-state index contributed by atoms with van der Waals surface area (Å²) in [6, 6.07) is 0. The van der Waals surface area contributed by atoms with Crippen LogP contribution in [0.2, 0.25) is 0 Å². The van der Waals surface area contributed by atoms with Crippen LogP contribution in [-0.4, -0.2) is 17.7 Å². The Hall–Kier alpha value is -0.567. The normalized spacial score (nSPS) is 10.0. The van der Waals surface area contributed by atoms with Crippen molar-refractivity contribution in [2.24, 2.45) is 5.41 Å². The van der Waals surface area contributed by atoms with Gasteiger partial charge in [0, 0.05) is 26.4 Å². The van der Waals surface area contributed by atoms with Gasteiger partial charge in [0.1, 0.15) is 0 Å². The zero-order valence-electron chi connectivity index (χ0n) is 9.05. The van der Waals surface area contributed by atoms with Gasteiger partial charge in [-0.3, -0.25) is 9.59 Å². The fourth-order valence-corrected chi connectivity index (χ4v) is 0.644. The third-order valence-electron chi connectivity index (χ3n) is 1.17. The van der Waals surface area contributed by atoms with Crippen LogP contribution in [0.3, 0.4) is 0 Å². The molecular formula is C9H14O4Zn. The van der Waals surface area contributed by atoms with E-state index in [2.05, 4.69) is 4.74 Å². The van der Waals surface area contributed by atoms with Crippen molar-refractivity contribution in [1.29, 1.82) is 0 Å². The minimum Gasteiger partial charge on any atom is -0.387 e. The van der Waals surface area contributed by atoms with Crippen molar-refractivity contribution in [2.45, 2.75) is 34.1 Å². The molecule has 0 amide bonds. The van der Waals surface area contributed by atoms with Crippen LogP contribution < -0.4 is 0 Å². The molecule has 0 aromatic rings. The topological polar surface area (TPSA) is 60.4 Å². The molecular weight excluding hydrogens is 237 g/mol. The minimum absolute atomic E-state index is 0. The molecule has 5 heteroatoms. The quantitative estimate of drug-likeness (QED) is 0.319. The first kappa shape index (κ1) is 15.9. The van der Waals surface area contributed by atoms with Gasteiger partial charge in [0.05, 0.1) is 6.42 Å². The maximum absolute atomic E-state index is 11.0. The third kappa shape index (κ3) is 8.05. The van der Waals surface area contributed by atoms with E-state index in [-0.39, 0.29) is 31.3 Å². The Morgan fingerprint density at radius 2 is 1.57 bits per heavy atom. The van der Waals surface area contributed by atoms with E-state index < -0.39 is 17.7 Å². The Morgan fingerprint density at radius 3 is 1.86 bits per heavy atom. The molecule has 0 aliphatic heterocycles. The van der Waals surface area contributed by atoms with E-state index in [4.69, 9.17) is 0 Å². The molecule has 0 bridgehead atoms. The first-order chi connectivity index (χ1) is 5.72. The summed E-state index contributed by atoms with van der Waals surface area (Å²) in [5, 5.41) is 0. The molecule has 14 heavy (non-hydrogen) atoms. The molecule has 0 aliphatic carbocycles. The number of ether oxygens (including phenoxy) is 1. The molecule has 0 fully saturated rings. The van der Waals surface area contributed by atoms with Crippen molar-refractivity contribution >= 4 is 17.7 Å². The summed E-state index contributed by atoms with van der Waals surface area (Å²) in [4.78, 5) is 32.0. The van der Waals surface area contributed by atoms with Crippen LogP contribution in [0.1, 0.15) is 34.1 Å². The van der Waals surface area contributed by atoms with Crippen molar-refractivity contribution in [3.63, 3.8) is 0 Å². The molecule has 0 spiro atoms. The summed E-state index contributed by atoms with van der Waals surface area (Å²) in [5.41, 5.74) is -0.242. The van der Waals surface area contributed by atoms with E-state index >= 15 is 0 Å². The molecule has 0 unspecified atom stereocenters. The minimum atomic E-state index is -1.09. The van der Waals surface area contributed by atoms with Crippen LogP contribution in [0.15, 0.2) is 0 Å². The third-order valence-corrected chi connectivity index (χ3v) is 1.17. The maximum atomic E-state index is 11.0. The first-order valence-corrected chi connectivity index (χ1v) is 3.98. The Bertz CT molecular complexity index is 240. The predicted molar refractivity (Wildman–Crippen MR) is 45.9 cm³/mol. The molecule has 0 heterocycles. The molecule has 76 valence electrons. The van der Waals surface area contributed by atoms with Crippen LogP contribution in [-0.2, 0) is 38.6 Å². The molecule has 4 nitrogen and oxygen atoms in total. The summed E-state index contributed by atoms with van der Waals surface area (Å²) < 4.78 is 4.26. The molecule has 0 aromatic carbocycles. The van der Waals surface area contributed by atoms with E-state index in [1.54, 1.807) is 0 Å². The number of hydrogen-bond donors (Lipinski definition) is 0. The van der Waals surface area contributed by atoms with Crippen molar-refractivity contribution in [3.05, 3.63) is 0 Å². The van der Waals surface area contributed by atoms with E-state index in [0.717, 1.165) is 6.92 Å². The van der Waals surface area contributed by atoms with Crippen molar-refractivity contribution < 1.29 is 38.6 Å². The Labute approximate surface area is 96.1 Å². The molecule has 0 rings (SSSR count). The molecule has 0 radical (unpaired) electrons. The number of hydrogen-bond acceptors (Lipinski definition) is 4.